The maximum atomic E-state index is 14.5. The average molecular weight is 549 g/mol. The Bertz CT molecular complexity index is 1520. The molecule has 0 saturated carbocycles. The Hall–Kier alpha value is -3.82. The number of nitrogens with one attached hydrogen (secondary N) is 2. The van der Waals surface area contributed by atoms with Crippen LogP contribution in [0.1, 0.15) is 46.4 Å². The van der Waals surface area contributed by atoms with Gasteiger partial charge in [0.25, 0.3) is 0 Å². The molecule has 12 heteroatoms. The van der Waals surface area contributed by atoms with Crippen molar-refractivity contribution in [2.75, 3.05) is 6.26 Å². The molecular weight excluding hydrogens is 524 g/mol. The lowest BCUT2D eigenvalue weighted by Crippen LogP contribution is -2.28. The zero-order valence-corrected chi connectivity index (χ0v) is 21.5. The molecule has 3 aromatic rings. The molecule has 2 aromatic carbocycles. The number of sulfonamides is 1. The Balaban J connectivity index is 1.82. The molecule has 3 rings (SSSR count). The van der Waals surface area contributed by atoms with Gasteiger partial charge in [0.2, 0.25) is 15.9 Å². The predicted octanol–water partition coefficient (Wildman–Crippen LogP) is 4.56. The summed E-state index contributed by atoms with van der Waals surface area (Å²) in [5.41, 5.74) is 0.940. The van der Waals surface area contributed by atoms with E-state index in [0.29, 0.717) is 27.8 Å². The monoisotopic (exact) mass is 548 g/mol. The Kier molecular flexibility index (Phi) is 8.54. The van der Waals surface area contributed by atoms with Gasteiger partial charge in [-0.05, 0) is 54.8 Å². The predicted molar refractivity (Wildman–Crippen MR) is 132 cm³/mol. The number of carbonyl (C=O) groups is 1. The highest BCUT2D eigenvalue weighted by atomic mass is 32.2. The van der Waals surface area contributed by atoms with Gasteiger partial charge in [0.15, 0.2) is 0 Å². The van der Waals surface area contributed by atoms with E-state index in [1.165, 1.54) is 37.3 Å². The quantitative estimate of drug-likeness (QED) is 0.401. The third-order valence-corrected chi connectivity index (χ3v) is 6.51. The first-order valence-corrected chi connectivity index (χ1v) is 13.2. The lowest BCUT2D eigenvalue weighted by Gasteiger charge is -2.17. The van der Waals surface area contributed by atoms with Gasteiger partial charge in [0.05, 0.1) is 29.5 Å². The lowest BCUT2D eigenvalue weighted by atomic mass is 9.98. The number of halogens is 4. The van der Waals surface area contributed by atoms with Crippen LogP contribution in [0.3, 0.4) is 0 Å². The van der Waals surface area contributed by atoms with Crippen molar-refractivity contribution in [2.45, 2.75) is 39.0 Å². The van der Waals surface area contributed by atoms with Gasteiger partial charge in [0.1, 0.15) is 11.5 Å². The van der Waals surface area contributed by atoms with Gasteiger partial charge in [-0.1, -0.05) is 24.3 Å². The first-order chi connectivity index (χ1) is 17.7. The fourth-order valence-electron chi connectivity index (χ4n) is 3.65. The summed E-state index contributed by atoms with van der Waals surface area (Å²) in [7, 11) is -3.52. The van der Waals surface area contributed by atoms with Gasteiger partial charge in [-0.3, -0.25) is 4.79 Å². The minimum Gasteiger partial charge on any atom is -0.351 e. The van der Waals surface area contributed by atoms with E-state index in [0.717, 1.165) is 18.4 Å². The largest absolute Gasteiger partial charge is 0.433 e. The molecule has 1 amide bonds. The summed E-state index contributed by atoms with van der Waals surface area (Å²) >= 11 is 0. The van der Waals surface area contributed by atoms with Crippen LogP contribution in [0.5, 0.6) is 0 Å². The highest BCUT2D eigenvalue weighted by molar-refractivity contribution is 7.88. The van der Waals surface area contributed by atoms with Crippen molar-refractivity contribution < 1.29 is 30.8 Å². The second-order valence-electron chi connectivity index (χ2n) is 8.73. The number of rotatable bonds is 8. The Morgan fingerprint density at radius 1 is 1.08 bits per heavy atom. The standard InChI is InChI=1S/C26H24F4N4O3S/c1-15-10-18(5-6-19(15)12-31)24-21(8-9-23(34-24)26(28,29)30)13-32-25(35)16(2)17-4-7-20(22(27)11-17)14-33-38(3,36)37/h4-11,16,33H,13-14H2,1-3H3,(H,32,35). The van der Waals surface area contributed by atoms with E-state index in [2.05, 4.69) is 15.0 Å². The number of alkyl halides is 3. The van der Waals surface area contributed by atoms with Crippen LogP contribution in [0, 0.1) is 24.1 Å². The van der Waals surface area contributed by atoms with Crippen molar-refractivity contribution >= 4 is 15.9 Å². The molecule has 38 heavy (non-hydrogen) atoms. The minimum atomic E-state index is -4.68. The summed E-state index contributed by atoms with van der Waals surface area (Å²) in [6, 6.07) is 12.6. The van der Waals surface area contributed by atoms with Crippen molar-refractivity contribution in [3.05, 3.63) is 87.9 Å². The van der Waals surface area contributed by atoms with Crippen molar-refractivity contribution in [1.82, 2.24) is 15.0 Å². The van der Waals surface area contributed by atoms with Crippen LogP contribution >= 0.6 is 0 Å². The van der Waals surface area contributed by atoms with Crippen LogP contribution in [0.4, 0.5) is 17.6 Å². The molecule has 0 aliphatic carbocycles. The van der Waals surface area contributed by atoms with E-state index in [9.17, 15) is 30.8 Å². The second-order valence-corrected chi connectivity index (χ2v) is 10.6. The Morgan fingerprint density at radius 2 is 1.76 bits per heavy atom. The van der Waals surface area contributed by atoms with Gasteiger partial charge in [-0.15, -0.1) is 0 Å². The number of hydrogen-bond acceptors (Lipinski definition) is 5. The summed E-state index contributed by atoms with van der Waals surface area (Å²) in [4.78, 5) is 16.6. The molecule has 1 unspecified atom stereocenters. The molecule has 200 valence electrons. The summed E-state index contributed by atoms with van der Waals surface area (Å²) in [5.74, 6) is -2.01. The number of amides is 1. The normalized spacial score (nSPS) is 12.6. The average Bonchev–Trinajstić information content (AvgIpc) is 2.84. The zero-order chi connectivity index (χ0) is 28.3. The van der Waals surface area contributed by atoms with E-state index in [-0.39, 0.29) is 24.3 Å². The number of aromatic nitrogens is 1. The maximum absolute atomic E-state index is 14.5. The van der Waals surface area contributed by atoms with Crippen molar-refractivity contribution in [3.8, 4) is 17.3 Å². The van der Waals surface area contributed by atoms with E-state index >= 15 is 0 Å². The van der Waals surface area contributed by atoms with E-state index in [1.807, 2.05) is 6.07 Å². The smallest absolute Gasteiger partial charge is 0.351 e. The number of hydrogen-bond donors (Lipinski definition) is 2. The lowest BCUT2D eigenvalue weighted by molar-refractivity contribution is -0.141. The number of nitrogens with zero attached hydrogens (tertiary/aromatic N) is 2. The fraction of sp³-hybridized carbons (Fsp3) is 0.269. The molecule has 2 N–H and O–H groups in total. The molecule has 0 aliphatic heterocycles. The Labute approximate surface area is 217 Å². The molecule has 1 atom stereocenters. The Morgan fingerprint density at radius 3 is 2.34 bits per heavy atom. The molecule has 0 saturated heterocycles. The van der Waals surface area contributed by atoms with Crippen LogP contribution in [-0.4, -0.2) is 25.6 Å². The third kappa shape index (κ3) is 7.14. The van der Waals surface area contributed by atoms with Gasteiger partial charge in [-0.2, -0.15) is 18.4 Å². The van der Waals surface area contributed by atoms with Crippen LogP contribution < -0.4 is 10.0 Å². The van der Waals surface area contributed by atoms with Crippen LogP contribution in [-0.2, 0) is 34.1 Å². The molecule has 0 radical (unpaired) electrons. The summed E-state index contributed by atoms with van der Waals surface area (Å²) in [6.45, 7) is 2.79. The topological polar surface area (TPSA) is 112 Å². The van der Waals surface area contributed by atoms with Crippen molar-refractivity contribution in [3.63, 3.8) is 0 Å². The third-order valence-electron chi connectivity index (χ3n) is 5.84. The van der Waals surface area contributed by atoms with Gasteiger partial charge in [-0.25, -0.2) is 22.5 Å². The second kappa shape index (κ2) is 11.3. The van der Waals surface area contributed by atoms with Gasteiger partial charge >= 0.3 is 6.18 Å². The van der Waals surface area contributed by atoms with Crippen LogP contribution in [0.15, 0.2) is 48.5 Å². The van der Waals surface area contributed by atoms with Crippen LogP contribution in [0.2, 0.25) is 0 Å². The van der Waals surface area contributed by atoms with E-state index < -0.39 is 39.5 Å². The molecule has 1 heterocycles. The van der Waals surface area contributed by atoms with Crippen LogP contribution in [0.25, 0.3) is 11.3 Å². The molecule has 0 bridgehead atoms. The summed E-state index contributed by atoms with van der Waals surface area (Å²) in [6.07, 6.45) is -3.73. The highest BCUT2D eigenvalue weighted by Gasteiger charge is 2.33. The molecule has 0 aliphatic rings. The van der Waals surface area contributed by atoms with Crippen molar-refractivity contribution in [2.24, 2.45) is 0 Å². The number of nitriles is 1. The first kappa shape index (κ1) is 28.7. The molecule has 1 aromatic heterocycles. The SMILES string of the molecule is Cc1cc(-c2nc(C(F)(F)F)ccc2CNC(=O)C(C)c2ccc(CNS(C)(=O)=O)c(F)c2)ccc1C#N. The van der Waals surface area contributed by atoms with E-state index in [4.69, 9.17) is 5.26 Å². The maximum Gasteiger partial charge on any atom is 0.433 e. The van der Waals surface area contributed by atoms with Gasteiger partial charge in [0, 0.05) is 24.2 Å². The zero-order valence-electron chi connectivity index (χ0n) is 20.6. The number of pyridine rings is 1. The fourth-order valence-corrected chi connectivity index (χ4v) is 4.06. The van der Waals surface area contributed by atoms with Crippen molar-refractivity contribution in [1.29, 1.82) is 5.26 Å². The number of aryl methyl sites for hydroxylation is 1. The molecule has 0 fully saturated rings. The number of carbonyl (C=O) groups excluding carboxylic acids is 1. The first-order valence-electron chi connectivity index (χ1n) is 11.3. The van der Waals surface area contributed by atoms with E-state index in [1.54, 1.807) is 13.0 Å². The number of benzene rings is 2. The summed E-state index contributed by atoms with van der Waals surface area (Å²) in [5, 5.41) is 11.8. The summed E-state index contributed by atoms with van der Waals surface area (Å²) < 4.78 is 79.2. The molecular formula is C26H24F4N4O3S. The minimum absolute atomic E-state index is 0.00846. The highest BCUT2D eigenvalue weighted by Crippen LogP contribution is 2.32. The molecule has 0 spiro atoms. The molecule has 7 nitrogen and oxygen atoms in total. The van der Waals surface area contributed by atoms with Gasteiger partial charge < -0.3 is 5.32 Å².